The molecule has 0 aliphatic carbocycles. The zero-order chi connectivity index (χ0) is 13.7. The molecule has 0 radical (unpaired) electrons. The van der Waals surface area contributed by atoms with Gasteiger partial charge in [0.15, 0.2) is 0 Å². The molecule has 0 aromatic heterocycles. The summed E-state index contributed by atoms with van der Waals surface area (Å²) >= 11 is 1.57. The quantitative estimate of drug-likeness (QED) is 0.850. The zero-order valence-electron chi connectivity index (χ0n) is 11.1. The number of nitrogens with one attached hydrogen (secondary N) is 1. The molecule has 2 aromatic rings. The second kappa shape index (κ2) is 6.43. The van der Waals surface area contributed by atoms with Gasteiger partial charge in [0, 0.05) is 10.6 Å². The average molecular weight is 271 g/mol. The van der Waals surface area contributed by atoms with E-state index in [1.807, 2.05) is 49.4 Å². The highest BCUT2D eigenvalue weighted by molar-refractivity contribution is 8.00. The summed E-state index contributed by atoms with van der Waals surface area (Å²) < 4.78 is 0. The number of carbonyl (C=O) groups is 1. The molecule has 1 N–H and O–H groups in total. The lowest BCUT2D eigenvalue weighted by molar-refractivity contribution is -0.113. The van der Waals surface area contributed by atoms with E-state index in [1.54, 1.807) is 11.8 Å². The Morgan fingerprint density at radius 3 is 2.42 bits per heavy atom. The summed E-state index contributed by atoms with van der Waals surface area (Å²) in [7, 11) is 0. The number of anilines is 1. The van der Waals surface area contributed by atoms with Crippen LogP contribution < -0.4 is 5.32 Å². The smallest absolute Gasteiger partial charge is 0.234 e. The SMILES string of the molecule is Cc1ccc(NC(=O)CSc2ccccc2C)cc1. The van der Waals surface area contributed by atoms with Gasteiger partial charge in [0.2, 0.25) is 5.91 Å². The predicted molar refractivity (Wildman–Crippen MR) is 81.7 cm³/mol. The Labute approximate surface area is 118 Å². The van der Waals surface area contributed by atoms with E-state index in [0.717, 1.165) is 10.6 Å². The molecular formula is C16H17NOS. The van der Waals surface area contributed by atoms with Crippen molar-refractivity contribution in [2.75, 3.05) is 11.1 Å². The molecule has 0 saturated carbocycles. The van der Waals surface area contributed by atoms with E-state index in [2.05, 4.69) is 18.3 Å². The van der Waals surface area contributed by atoms with Crippen molar-refractivity contribution < 1.29 is 4.79 Å². The van der Waals surface area contributed by atoms with Crippen LogP contribution in [0.15, 0.2) is 53.4 Å². The monoisotopic (exact) mass is 271 g/mol. The van der Waals surface area contributed by atoms with Crippen molar-refractivity contribution in [2.45, 2.75) is 18.7 Å². The fourth-order valence-corrected chi connectivity index (χ4v) is 2.52. The first-order valence-corrected chi connectivity index (χ1v) is 7.18. The van der Waals surface area contributed by atoms with Crippen LogP contribution in [0.3, 0.4) is 0 Å². The summed E-state index contributed by atoms with van der Waals surface area (Å²) in [6, 6.07) is 15.9. The third-order valence-electron chi connectivity index (χ3n) is 2.79. The van der Waals surface area contributed by atoms with Crippen molar-refractivity contribution in [3.63, 3.8) is 0 Å². The number of hydrogen-bond donors (Lipinski definition) is 1. The Kier molecular flexibility index (Phi) is 4.63. The van der Waals surface area contributed by atoms with Crippen LogP contribution in [-0.4, -0.2) is 11.7 Å². The van der Waals surface area contributed by atoms with E-state index in [9.17, 15) is 4.79 Å². The Hall–Kier alpha value is -1.74. The molecular weight excluding hydrogens is 254 g/mol. The fraction of sp³-hybridized carbons (Fsp3) is 0.188. The molecule has 19 heavy (non-hydrogen) atoms. The minimum atomic E-state index is 0.0251. The summed E-state index contributed by atoms with van der Waals surface area (Å²) in [4.78, 5) is 13.0. The number of rotatable bonds is 4. The van der Waals surface area contributed by atoms with Crippen LogP contribution in [0.2, 0.25) is 0 Å². The number of aryl methyl sites for hydroxylation is 2. The van der Waals surface area contributed by atoms with Gasteiger partial charge in [-0.1, -0.05) is 35.9 Å². The number of amides is 1. The third-order valence-corrected chi connectivity index (χ3v) is 3.96. The topological polar surface area (TPSA) is 29.1 Å². The van der Waals surface area contributed by atoms with Crippen molar-refractivity contribution in [3.05, 3.63) is 59.7 Å². The van der Waals surface area contributed by atoms with Crippen molar-refractivity contribution in [2.24, 2.45) is 0 Å². The lowest BCUT2D eigenvalue weighted by Gasteiger charge is -2.07. The van der Waals surface area contributed by atoms with Crippen molar-refractivity contribution in [1.29, 1.82) is 0 Å². The van der Waals surface area contributed by atoms with Gasteiger partial charge in [-0.2, -0.15) is 0 Å². The van der Waals surface area contributed by atoms with Crippen LogP contribution >= 0.6 is 11.8 Å². The number of thioether (sulfide) groups is 1. The van der Waals surface area contributed by atoms with Gasteiger partial charge in [0.25, 0.3) is 0 Å². The van der Waals surface area contributed by atoms with Gasteiger partial charge in [-0.25, -0.2) is 0 Å². The molecule has 0 heterocycles. The largest absolute Gasteiger partial charge is 0.325 e. The summed E-state index contributed by atoms with van der Waals surface area (Å²) in [6.07, 6.45) is 0. The first-order chi connectivity index (χ1) is 9.15. The summed E-state index contributed by atoms with van der Waals surface area (Å²) in [5.41, 5.74) is 3.24. The molecule has 1 amide bonds. The van der Waals surface area contributed by atoms with Gasteiger partial charge in [0.1, 0.15) is 0 Å². The average Bonchev–Trinajstić information content (AvgIpc) is 2.40. The fourth-order valence-electron chi connectivity index (χ4n) is 1.70. The molecule has 0 bridgehead atoms. The highest BCUT2D eigenvalue weighted by atomic mass is 32.2. The third kappa shape index (κ3) is 4.14. The van der Waals surface area contributed by atoms with Gasteiger partial charge in [-0.15, -0.1) is 11.8 Å². The Morgan fingerprint density at radius 2 is 1.74 bits per heavy atom. The normalized spacial score (nSPS) is 10.2. The predicted octanol–water partition coefficient (Wildman–Crippen LogP) is 4.03. The van der Waals surface area contributed by atoms with Crippen molar-refractivity contribution in [3.8, 4) is 0 Å². The van der Waals surface area contributed by atoms with Gasteiger partial charge in [-0.05, 0) is 37.6 Å². The first-order valence-electron chi connectivity index (χ1n) is 6.20. The summed E-state index contributed by atoms with van der Waals surface area (Å²) in [5, 5.41) is 2.90. The van der Waals surface area contributed by atoms with Crippen molar-refractivity contribution in [1.82, 2.24) is 0 Å². The molecule has 0 aliphatic rings. The van der Waals surface area contributed by atoms with Gasteiger partial charge < -0.3 is 5.32 Å². The molecule has 2 nitrogen and oxygen atoms in total. The van der Waals surface area contributed by atoms with E-state index in [-0.39, 0.29) is 5.91 Å². The Morgan fingerprint density at radius 1 is 1.05 bits per heavy atom. The minimum Gasteiger partial charge on any atom is -0.325 e. The van der Waals surface area contributed by atoms with Gasteiger partial charge in [-0.3, -0.25) is 4.79 Å². The molecule has 2 aromatic carbocycles. The molecule has 0 spiro atoms. The van der Waals surface area contributed by atoms with Gasteiger partial charge in [0.05, 0.1) is 5.75 Å². The van der Waals surface area contributed by atoms with E-state index in [1.165, 1.54) is 11.1 Å². The summed E-state index contributed by atoms with van der Waals surface area (Å²) in [5.74, 6) is 0.454. The van der Waals surface area contributed by atoms with Crippen LogP contribution in [0.4, 0.5) is 5.69 Å². The molecule has 0 atom stereocenters. The maximum absolute atomic E-state index is 11.9. The van der Waals surface area contributed by atoms with E-state index in [0.29, 0.717) is 5.75 Å². The minimum absolute atomic E-state index is 0.0251. The molecule has 0 unspecified atom stereocenters. The second-order valence-electron chi connectivity index (χ2n) is 4.47. The van der Waals surface area contributed by atoms with Crippen LogP contribution in [-0.2, 0) is 4.79 Å². The number of carbonyl (C=O) groups excluding carboxylic acids is 1. The summed E-state index contributed by atoms with van der Waals surface area (Å²) in [6.45, 7) is 4.08. The molecule has 2 rings (SSSR count). The molecule has 0 aliphatic heterocycles. The maximum Gasteiger partial charge on any atom is 0.234 e. The standard InChI is InChI=1S/C16H17NOS/c1-12-7-9-14(10-8-12)17-16(18)11-19-15-6-4-3-5-13(15)2/h3-10H,11H2,1-2H3,(H,17,18). The molecule has 0 fully saturated rings. The number of benzene rings is 2. The molecule has 98 valence electrons. The second-order valence-corrected chi connectivity index (χ2v) is 5.49. The Balaban J connectivity index is 1.88. The van der Waals surface area contributed by atoms with Crippen LogP contribution in [0.25, 0.3) is 0 Å². The zero-order valence-corrected chi connectivity index (χ0v) is 12.0. The van der Waals surface area contributed by atoms with E-state index >= 15 is 0 Å². The highest BCUT2D eigenvalue weighted by Gasteiger charge is 2.04. The maximum atomic E-state index is 11.9. The lowest BCUT2D eigenvalue weighted by Crippen LogP contribution is -2.13. The van der Waals surface area contributed by atoms with Crippen molar-refractivity contribution >= 4 is 23.4 Å². The van der Waals surface area contributed by atoms with Crippen LogP contribution in [0, 0.1) is 13.8 Å². The lowest BCUT2D eigenvalue weighted by atomic mass is 10.2. The molecule has 0 saturated heterocycles. The highest BCUT2D eigenvalue weighted by Crippen LogP contribution is 2.21. The molecule has 3 heteroatoms. The first kappa shape index (κ1) is 13.7. The number of hydrogen-bond acceptors (Lipinski definition) is 2. The van der Waals surface area contributed by atoms with Crippen LogP contribution in [0.5, 0.6) is 0 Å². The Bertz CT molecular complexity index is 563. The van der Waals surface area contributed by atoms with Crippen LogP contribution in [0.1, 0.15) is 11.1 Å². The van der Waals surface area contributed by atoms with Gasteiger partial charge >= 0.3 is 0 Å². The van der Waals surface area contributed by atoms with E-state index in [4.69, 9.17) is 0 Å². The van der Waals surface area contributed by atoms with E-state index < -0.39 is 0 Å².